The first-order valence-electron chi connectivity index (χ1n) is 10.2. The van der Waals surface area contributed by atoms with Crippen molar-refractivity contribution in [2.24, 2.45) is 5.41 Å². The van der Waals surface area contributed by atoms with Crippen LogP contribution in [0.2, 0.25) is 0 Å². The monoisotopic (exact) mass is 428 g/mol. The first kappa shape index (κ1) is 20.8. The van der Waals surface area contributed by atoms with Crippen LogP contribution in [0, 0.1) is 11.2 Å². The molecule has 0 saturated carbocycles. The number of esters is 1. The van der Waals surface area contributed by atoms with Gasteiger partial charge < -0.3 is 9.26 Å². The summed E-state index contributed by atoms with van der Waals surface area (Å²) in [6.45, 7) is 4.76. The molecule has 0 aliphatic carbocycles. The molecule has 0 unspecified atom stereocenters. The largest absolute Gasteiger partial charge is 0.466 e. The number of nitrogens with zero attached hydrogens (tertiary/aromatic N) is 2. The molecule has 0 radical (unpaired) electrons. The van der Waals surface area contributed by atoms with E-state index in [2.05, 4.69) is 27.6 Å². The summed E-state index contributed by atoms with van der Waals surface area (Å²) in [5.41, 5.74) is 0.808. The van der Waals surface area contributed by atoms with Gasteiger partial charge in [-0.2, -0.15) is 0 Å². The summed E-state index contributed by atoms with van der Waals surface area (Å²) >= 11 is 1.76. The third-order valence-corrected chi connectivity index (χ3v) is 6.55. The lowest BCUT2D eigenvalue weighted by molar-refractivity contribution is -0.159. The van der Waals surface area contributed by atoms with Gasteiger partial charge in [0.15, 0.2) is 0 Å². The van der Waals surface area contributed by atoms with Gasteiger partial charge in [0, 0.05) is 29.5 Å². The molecule has 1 aromatic carbocycles. The number of rotatable bonds is 7. The Morgan fingerprint density at radius 3 is 2.70 bits per heavy atom. The van der Waals surface area contributed by atoms with E-state index >= 15 is 0 Å². The van der Waals surface area contributed by atoms with Crippen molar-refractivity contribution in [3.63, 3.8) is 0 Å². The Morgan fingerprint density at radius 1 is 1.27 bits per heavy atom. The number of aromatic nitrogens is 1. The second kappa shape index (κ2) is 9.10. The van der Waals surface area contributed by atoms with Crippen molar-refractivity contribution in [3.05, 3.63) is 64.3 Å². The van der Waals surface area contributed by atoms with Gasteiger partial charge in [-0.3, -0.25) is 9.69 Å². The van der Waals surface area contributed by atoms with Crippen molar-refractivity contribution in [3.8, 4) is 11.3 Å². The molecular formula is C23H25FN2O3S. The predicted molar refractivity (Wildman–Crippen MR) is 113 cm³/mol. The number of thiophene rings is 1. The highest BCUT2D eigenvalue weighted by Crippen LogP contribution is 2.38. The molecule has 1 fully saturated rings. The molecule has 0 amide bonds. The van der Waals surface area contributed by atoms with Gasteiger partial charge in [0.05, 0.1) is 12.0 Å². The maximum Gasteiger partial charge on any atom is 0.312 e. The number of halogens is 1. The Bertz CT molecular complexity index is 961. The molecule has 3 aromatic rings. The molecule has 1 aliphatic rings. The standard InChI is InChI=1S/C23H25FN2O3S/c1-2-28-22(27)23(9-11-26(12-10-23)16-20-4-3-13-30-20)15-19-14-21(25-29-19)17-5-7-18(24)8-6-17/h3-8,13-14H,2,9-12,15-16H2,1H3. The third-order valence-electron chi connectivity index (χ3n) is 5.69. The number of hydrogen-bond acceptors (Lipinski definition) is 6. The minimum atomic E-state index is -0.610. The van der Waals surface area contributed by atoms with E-state index < -0.39 is 5.41 Å². The van der Waals surface area contributed by atoms with Crippen molar-refractivity contribution in [2.75, 3.05) is 19.7 Å². The number of likely N-dealkylation sites (tertiary alicyclic amines) is 1. The summed E-state index contributed by atoms with van der Waals surface area (Å²) in [7, 11) is 0. The molecule has 2 aromatic heterocycles. The van der Waals surface area contributed by atoms with E-state index in [1.807, 2.05) is 13.0 Å². The zero-order valence-electron chi connectivity index (χ0n) is 17.0. The summed E-state index contributed by atoms with van der Waals surface area (Å²) in [6.07, 6.45) is 1.88. The lowest BCUT2D eigenvalue weighted by Crippen LogP contribution is -2.46. The van der Waals surface area contributed by atoms with Gasteiger partial charge in [-0.15, -0.1) is 11.3 Å². The van der Waals surface area contributed by atoms with Crippen molar-refractivity contribution in [2.45, 2.75) is 32.7 Å². The fourth-order valence-electron chi connectivity index (χ4n) is 3.99. The molecule has 158 valence electrons. The lowest BCUT2D eigenvalue weighted by atomic mass is 9.75. The number of carbonyl (C=O) groups is 1. The average molecular weight is 429 g/mol. The van der Waals surface area contributed by atoms with Crippen LogP contribution in [0.15, 0.2) is 52.4 Å². The van der Waals surface area contributed by atoms with E-state index in [0.29, 0.717) is 37.3 Å². The molecule has 0 bridgehead atoms. The maximum absolute atomic E-state index is 13.2. The average Bonchev–Trinajstić information content (AvgIpc) is 3.42. The zero-order chi connectivity index (χ0) is 21.0. The van der Waals surface area contributed by atoms with Crippen LogP contribution in [0.25, 0.3) is 11.3 Å². The molecule has 3 heterocycles. The molecule has 0 spiro atoms. The summed E-state index contributed by atoms with van der Waals surface area (Å²) in [6, 6.07) is 12.2. The van der Waals surface area contributed by atoms with Crippen LogP contribution in [0.4, 0.5) is 4.39 Å². The highest BCUT2D eigenvalue weighted by atomic mass is 32.1. The Balaban J connectivity index is 1.48. The third kappa shape index (κ3) is 4.63. The molecule has 7 heteroatoms. The van der Waals surface area contributed by atoms with Crippen LogP contribution in [0.1, 0.15) is 30.4 Å². The van der Waals surface area contributed by atoms with Crippen LogP contribution >= 0.6 is 11.3 Å². The molecule has 1 aliphatic heterocycles. The molecular weight excluding hydrogens is 403 g/mol. The second-order valence-electron chi connectivity index (χ2n) is 7.72. The maximum atomic E-state index is 13.2. The number of ether oxygens (including phenoxy) is 1. The molecule has 30 heavy (non-hydrogen) atoms. The van der Waals surface area contributed by atoms with E-state index in [1.165, 1.54) is 17.0 Å². The van der Waals surface area contributed by atoms with E-state index in [1.54, 1.807) is 23.5 Å². The number of benzene rings is 1. The smallest absolute Gasteiger partial charge is 0.312 e. The Hall–Kier alpha value is -2.51. The fraction of sp³-hybridized carbons (Fsp3) is 0.391. The lowest BCUT2D eigenvalue weighted by Gasteiger charge is -2.39. The first-order valence-corrected chi connectivity index (χ1v) is 11.1. The number of hydrogen-bond donors (Lipinski definition) is 0. The predicted octanol–water partition coefficient (Wildman–Crippen LogP) is 4.93. The Kier molecular flexibility index (Phi) is 6.29. The molecule has 0 N–H and O–H groups in total. The van der Waals surface area contributed by atoms with Crippen molar-refractivity contribution < 1.29 is 18.4 Å². The van der Waals surface area contributed by atoms with Crippen molar-refractivity contribution in [1.29, 1.82) is 0 Å². The van der Waals surface area contributed by atoms with Gasteiger partial charge in [0.1, 0.15) is 17.3 Å². The SMILES string of the molecule is CCOC(=O)C1(Cc2cc(-c3ccc(F)cc3)no2)CCN(Cc2cccs2)CC1. The van der Waals surface area contributed by atoms with Gasteiger partial charge in [-0.25, -0.2) is 4.39 Å². The van der Waals surface area contributed by atoms with Gasteiger partial charge in [0.25, 0.3) is 0 Å². The normalized spacial score (nSPS) is 16.5. The zero-order valence-corrected chi connectivity index (χ0v) is 17.8. The molecule has 4 rings (SSSR count). The van der Waals surface area contributed by atoms with Crippen LogP contribution < -0.4 is 0 Å². The van der Waals surface area contributed by atoms with E-state index in [4.69, 9.17) is 9.26 Å². The molecule has 1 saturated heterocycles. The fourth-order valence-corrected chi connectivity index (χ4v) is 4.73. The van der Waals surface area contributed by atoms with Crippen LogP contribution in [-0.4, -0.2) is 35.7 Å². The van der Waals surface area contributed by atoms with Gasteiger partial charge in [-0.1, -0.05) is 11.2 Å². The number of piperidine rings is 1. The Labute approximate surface area is 179 Å². The molecule has 5 nitrogen and oxygen atoms in total. The number of carbonyl (C=O) groups excluding carboxylic acids is 1. The highest BCUT2D eigenvalue weighted by Gasteiger charge is 2.43. The van der Waals surface area contributed by atoms with Crippen LogP contribution in [0.5, 0.6) is 0 Å². The first-order chi connectivity index (χ1) is 14.6. The van der Waals surface area contributed by atoms with Gasteiger partial charge >= 0.3 is 5.97 Å². The summed E-state index contributed by atoms with van der Waals surface area (Å²) in [4.78, 5) is 16.6. The summed E-state index contributed by atoms with van der Waals surface area (Å²) in [5.74, 6) is 0.188. The minimum absolute atomic E-state index is 0.166. The topological polar surface area (TPSA) is 55.6 Å². The summed E-state index contributed by atoms with van der Waals surface area (Å²) < 4.78 is 24.2. The van der Waals surface area contributed by atoms with E-state index in [-0.39, 0.29) is 11.8 Å². The van der Waals surface area contributed by atoms with Crippen LogP contribution in [0.3, 0.4) is 0 Å². The van der Waals surface area contributed by atoms with E-state index in [9.17, 15) is 9.18 Å². The second-order valence-corrected chi connectivity index (χ2v) is 8.75. The van der Waals surface area contributed by atoms with Crippen molar-refractivity contribution in [1.82, 2.24) is 10.1 Å². The van der Waals surface area contributed by atoms with Crippen molar-refractivity contribution >= 4 is 17.3 Å². The molecule has 0 atom stereocenters. The van der Waals surface area contributed by atoms with Gasteiger partial charge in [-0.05, 0) is 68.6 Å². The Morgan fingerprint density at radius 2 is 2.03 bits per heavy atom. The van der Waals surface area contributed by atoms with Gasteiger partial charge in [0.2, 0.25) is 0 Å². The summed E-state index contributed by atoms with van der Waals surface area (Å²) in [5, 5.41) is 6.21. The van der Waals surface area contributed by atoms with Crippen LogP contribution in [-0.2, 0) is 22.5 Å². The quantitative estimate of drug-likeness (QED) is 0.500. The highest BCUT2D eigenvalue weighted by molar-refractivity contribution is 7.09. The van der Waals surface area contributed by atoms with E-state index in [0.717, 1.165) is 25.2 Å². The minimum Gasteiger partial charge on any atom is -0.466 e.